The summed E-state index contributed by atoms with van der Waals surface area (Å²) in [6.07, 6.45) is 6.07. The number of hydrogen-bond donors (Lipinski definition) is 0. The van der Waals surface area contributed by atoms with Crippen LogP contribution in [-0.4, -0.2) is 22.7 Å². The lowest BCUT2D eigenvalue weighted by atomic mass is 9.93. The van der Waals surface area contributed by atoms with E-state index in [0.29, 0.717) is 18.1 Å². The van der Waals surface area contributed by atoms with E-state index in [9.17, 15) is 4.79 Å². The first-order valence-electron chi connectivity index (χ1n) is 13.5. The molecule has 200 valence electrons. The van der Waals surface area contributed by atoms with Crippen LogP contribution in [0.4, 0.5) is 0 Å². The molecule has 5 aromatic rings. The normalized spacial score (nSPS) is 13.7. The summed E-state index contributed by atoms with van der Waals surface area (Å²) in [4.78, 5) is 16.9. The monoisotopic (exact) mass is 548 g/mol. The highest BCUT2D eigenvalue weighted by atomic mass is 35.5. The summed E-state index contributed by atoms with van der Waals surface area (Å²) in [7, 11) is 0. The van der Waals surface area contributed by atoms with Crippen molar-refractivity contribution in [2.45, 2.75) is 38.5 Å². The Morgan fingerprint density at radius 1 is 0.900 bits per heavy atom. The van der Waals surface area contributed by atoms with Crippen LogP contribution in [0.2, 0.25) is 5.02 Å². The second-order valence-electron chi connectivity index (χ2n) is 10.3. The molecule has 1 aliphatic rings. The molecule has 0 N–H and O–H groups in total. The Kier molecular flexibility index (Phi) is 6.99. The van der Waals surface area contributed by atoms with E-state index in [1.165, 1.54) is 0 Å². The van der Waals surface area contributed by atoms with Crippen molar-refractivity contribution in [3.63, 3.8) is 0 Å². The molecule has 0 atom stereocenters. The fourth-order valence-corrected chi connectivity index (χ4v) is 5.43. The number of carbonyl (C=O) groups excluding carboxylic acids is 1. The number of aromatic nitrogens is 2. The summed E-state index contributed by atoms with van der Waals surface area (Å²) >= 11 is 6.20. The van der Waals surface area contributed by atoms with Gasteiger partial charge >= 0.3 is 5.97 Å². The maximum atomic E-state index is 12.4. The van der Waals surface area contributed by atoms with Gasteiger partial charge in [0.25, 0.3) is 0 Å². The van der Waals surface area contributed by atoms with Crippen LogP contribution in [0, 0.1) is 6.92 Å². The second kappa shape index (κ2) is 10.7. The van der Waals surface area contributed by atoms with Crippen molar-refractivity contribution in [2.75, 3.05) is 6.61 Å². The van der Waals surface area contributed by atoms with Crippen LogP contribution in [0.5, 0.6) is 0 Å². The van der Waals surface area contributed by atoms with Crippen LogP contribution < -0.4 is 0 Å². The zero-order valence-electron chi connectivity index (χ0n) is 22.5. The van der Waals surface area contributed by atoms with Gasteiger partial charge in [-0.3, -0.25) is 9.78 Å². The molecule has 5 nitrogen and oxygen atoms in total. The smallest absolute Gasteiger partial charge is 0.316 e. The number of aryl methyl sites for hydroxylation is 1. The van der Waals surface area contributed by atoms with Crippen molar-refractivity contribution in [1.29, 1.82) is 0 Å². The Bertz CT molecular complexity index is 1670. The van der Waals surface area contributed by atoms with Crippen LogP contribution >= 0.6 is 11.6 Å². The van der Waals surface area contributed by atoms with Crippen LogP contribution in [0.3, 0.4) is 0 Å². The third-order valence-electron chi connectivity index (χ3n) is 7.65. The first-order chi connectivity index (χ1) is 19.5. The zero-order chi connectivity index (χ0) is 27.7. The summed E-state index contributed by atoms with van der Waals surface area (Å²) in [5.41, 5.74) is 8.73. The van der Waals surface area contributed by atoms with Gasteiger partial charge in [-0.15, -0.1) is 0 Å². The molecule has 1 saturated carbocycles. The lowest BCUT2D eigenvalue weighted by Crippen LogP contribution is -2.23. The molecule has 6 rings (SSSR count). The number of ether oxygens (including phenoxy) is 1. The molecule has 0 unspecified atom stereocenters. The maximum Gasteiger partial charge on any atom is 0.316 e. The van der Waals surface area contributed by atoms with Gasteiger partial charge in [0.1, 0.15) is 0 Å². The van der Waals surface area contributed by atoms with E-state index in [-0.39, 0.29) is 5.97 Å². The molecule has 1 fully saturated rings. The lowest BCUT2D eigenvalue weighted by molar-refractivity contribution is -0.146. The summed E-state index contributed by atoms with van der Waals surface area (Å²) in [5.74, 6) is 0.648. The number of esters is 1. The SMILES string of the molecule is CCOC(=O)C1(c2ccc(-c3ccc(-c4onc(C)c4Cc4cncc(-c5cccc(Cl)c5)c4)cc3)cc2)CC1. The van der Waals surface area contributed by atoms with Crippen molar-refractivity contribution >= 4 is 17.6 Å². The van der Waals surface area contributed by atoms with Crippen LogP contribution in [0.1, 0.15) is 42.1 Å². The minimum absolute atomic E-state index is 0.114. The third kappa shape index (κ3) is 5.05. The molecule has 6 heteroatoms. The molecule has 0 radical (unpaired) electrons. The summed E-state index contributed by atoms with van der Waals surface area (Å²) in [5, 5.41) is 4.97. The Hall–Kier alpha value is -4.22. The van der Waals surface area contributed by atoms with Gasteiger partial charge in [0.05, 0.1) is 17.7 Å². The molecule has 2 heterocycles. The summed E-state index contributed by atoms with van der Waals surface area (Å²) < 4.78 is 11.1. The van der Waals surface area contributed by atoms with Gasteiger partial charge in [-0.25, -0.2) is 0 Å². The average molecular weight is 549 g/mol. The average Bonchev–Trinajstić information content (AvgIpc) is 3.72. The van der Waals surface area contributed by atoms with Crippen molar-refractivity contribution in [2.24, 2.45) is 0 Å². The molecule has 0 spiro atoms. The van der Waals surface area contributed by atoms with Gasteiger partial charge in [0.15, 0.2) is 5.76 Å². The highest BCUT2D eigenvalue weighted by Crippen LogP contribution is 2.49. The van der Waals surface area contributed by atoms with Crippen LogP contribution in [0.25, 0.3) is 33.6 Å². The predicted octanol–water partition coefficient (Wildman–Crippen LogP) is 8.22. The molecular formula is C34H29ClN2O3. The van der Waals surface area contributed by atoms with E-state index >= 15 is 0 Å². The van der Waals surface area contributed by atoms with Gasteiger partial charge in [0.2, 0.25) is 0 Å². The zero-order valence-corrected chi connectivity index (χ0v) is 23.2. The van der Waals surface area contributed by atoms with Crippen molar-refractivity contribution in [1.82, 2.24) is 10.1 Å². The van der Waals surface area contributed by atoms with E-state index in [0.717, 1.165) is 68.8 Å². The minimum atomic E-state index is -0.456. The van der Waals surface area contributed by atoms with E-state index in [2.05, 4.69) is 64.7 Å². The molecule has 0 bridgehead atoms. The highest BCUT2D eigenvalue weighted by molar-refractivity contribution is 6.30. The molecule has 0 amide bonds. The standard InChI is InChI=1S/C34H29ClN2O3/c1-3-39-33(38)34(15-16-34)29-13-11-25(12-14-29)24-7-9-26(10-8-24)32-31(22(2)37-40-32)18-23-17-28(21-36-20-23)27-5-4-6-30(35)19-27/h4-14,17,19-21H,3,15-16,18H2,1-2H3. The molecular weight excluding hydrogens is 520 g/mol. The topological polar surface area (TPSA) is 65.2 Å². The van der Waals surface area contributed by atoms with E-state index in [4.69, 9.17) is 20.9 Å². The Morgan fingerprint density at radius 2 is 1.60 bits per heavy atom. The molecule has 3 aromatic carbocycles. The predicted molar refractivity (Wildman–Crippen MR) is 157 cm³/mol. The first-order valence-corrected chi connectivity index (χ1v) is 13.9. The Morgan fingerprint density at radius 3 is 2.27 bits per heavy atom. The lowest BCUT2D eigenvalue weighted by Gasteiger charge is -2.14. The van der Waals surface area contributed by atoms with E-state index in [1.807, 2.05) is 50.5 Å². The highest BCUT2D eigenvalue weighted by Gasteiger charge is 2.52. The maximum absolute atomic E-state index is 12.4. The first kappa shape index (κ1) is 26.0. The fraction of sp³-hybridized carbons (Fsp3) is 0.206. The second-order valence-corrected chi connectivity index (χ2v) is 10.7. The van der Waals surface area contributed by atoms with Crippen molar-refractivity contribution < 1.29 is 14.1 Å². The number of hydrogen-bond acceptors (Lipinski definition) is 5. The summed E-state index contributed by atoms with van der Waals surface area (Å²) in [6.45, 7) is 4.22. The van der Waals surface area contributed by atoms with Gasteiger partial charge in [-0.1, -0.05) is 77.4 Å². The fourth-order valence-electron chi connectivity index (χ4n) is 5.24. The molecule has 0 aliphatic heterocycles. The Balaban J connectivity index is 1.22. The Labute approximate surface area is 238 Å². The quantitative estimate of drug-likeness (QED) is 0.183. The van der Waals surface area contributed by atoms with Gasteiger partial charge in [-0.05, 0) is 72.7 Å². The minimum Gasteiger partial charge on any atom is -0.465 e. The number of carbonyl (C=O) groups is 1. The molecule has 1 aliphatic carbocycles. The van der Waals surface area contributed by atoms with Crippen molar-refractivity contribution in [3.8, 4) is 33.6 Å². The van der Waals surface area contributed by atoms with Crippen molar-refractivity contribution in [3.05, 3.63) is 119 Å². The number of rotatable bonds is 8. The van der Waals surface area contributed by atoms with Crippen LogP contribution in [0.15, 0.2) is 95.8 Å². The largest absolute Gasteiger partial charge is 0.465 e. The van der Waals surface area contributed by atoms with E-state index < -0.39 is 5.41 Å². The van der Waals surface area contributed by atoms with Gasteiger partial charge in [0, 0.05) is 40.5 Å². The van der Waals surface area contributed by atoms with Crippen LogP contribution in [-0.2, 0) is 21.4 Å². The van der Waals surface area contributed by atoms with E-state index in [1.54, 1.807) is 0 Å². The third-order valence-corrected chi connectivity index (χ3v) is 7.89. The molecule has 2 aromatic heterocycles. The molecule has 0 saturated heterocycles. The molecule has 40 heavy (non-hydrogen) atoms. The number of benzene rings is 3. The van der Waals surface area contributed by atoms with Gasteiger partial charge < -0.3 is 9.26 Å². The number of halogens is 1. The summed E-state index contributed by atoms with van der Waals surface area (Å²) in [6, 6.07) is 26.5. The number of pyridine rings is 1. The van der Waals surface area contributed by atoms with Gasteiger partial charge in [-0.2, -0.15) is 0 Å². The number of nitrogens with zero attached hydrogens (tertiary/aromatic N) is 2.